The van der Waals surface area contributed by atoms with Crippen molar-refractivity contribution >= 4 is 0 Å². The summed E-state index contributed by atoms with van der Waals surface area (Å²) in [5, 5.41) is 8.96. The largest absolute Gasteiger partial charge is 0.490 e. The highest BCUT2D eigenvalue weighted by Gasteiger charge is 2.15. The molecule has 1 rings (SSSR count). The minimum Gasteiger partial charge on any atom is -0.490 e. The molecule has 1 aromatic rings. The summed E-state index contributed by atoms with van der Waals surface area (Å²) in [4.78, 5) is 0. The zero-order valence-corrected chi connectivity index (χ0v) is 10.8. The Hall–Kier alpha value is -1.40. The van der Waals surface area contributed by atoms with Crippen LogP contribution in [0, 0.1) is 0 Å². The number of aliphatic hydroxyl groups is 1. The van der Waals surface area contributed by atoms with E-state index in [4.69, 9.17) is 15.6 Å². The molecule has 0 aliphatic heterocycles. The Kier molecular flexibility index (Phi) is 6.52. The zero-order chi connectivity index (χ0) is 14.3. The Bertz CT molecular complexity index is 388. The Morgan fingerprint density at radius 2 is 2.05 bits per heavy atom. The molecule has 0 saturated carbocycles. The van der Waals surface area contributed by atoms with Crippen LogP contribution in [-0.2, 0) is 0 Å². The van der Waals surface area contributed by atoms with Crippen LogP contribution >= 0.6 is 0 Å². The minimum absolute atomic E-state index is 0.000342. The fourth-order valence-electron chi connectivity index (χ4n) is 1.82. The number of benzene rings is 1. The van der Waals surface area contributed by atoms with Crippen molar-refractivity contribution in [2.24, 2.45) is 5.73 Å². The summed E-state index contributed by atoms with van der Waals surface area (Å²) in [6, 6.07) is 4.73. The molecule has 0 radical (unpaired) electrons. The summed E-state index contributed by atoms with van der Waals surface area (Å²) < 4.78 is 34.2. The maximum absolute atomic E-state index is 12.3. The Labute approximate surface area is 111 Å². The monoisotopic (exact) mass is 275 g/mol. The molecule has 1 atom stereocenters. The van der Waals surface area contributed by atoms with Crippen LogP contribution in [0.4, 0.5) is 8.78 Å². The summed E-state index contributed by atoms with van der Waals surface area (Å²) in [5.74, 6) is 0.224. The molecule has 0 amide bonds. The Balaban J connectivity index is 2.99. The molecular formula is C13H19F2NO3. The Morgan fingerprint density at radius 1 is 1.32 bits per heavy atom. The van der Waals surface area contributed by atoms with Crippen LogP contribution in [0.3, 0.4) is 0 Å². The first kappa shape index (κ1) is 15.7. The van der Waals surface area contributed by atoms with E-state index in [1.54, 1.807) is 19.1 Å². The number of aliphatic hydroxyl groups excluding tert-OH is 1. The van der Waals surface area contributed by atoms with Crippen molar-refractivity contribution < 1.29 is 23.4 Å². The molecule has 0 saturated heterocycles. The van der Waals surface area contributed by atoms with E-state index in [-0.39, 0.29) is 24.0 Å². The molecule has 3 N–H and O–H groups in total. The van der Waals surface area contributed by atoms with Crippen LogP contribution in [-0.4, -0.2) is 31.5 Å². The topological polar surface area (TPSA) is 64.7 Å². The third-order valence-corrected chi connectivity index (χ3v) is 2.72. The summed E-state index contributed by atoms with van der Waals surface area (Å²) in [6.45, 7) is -0.418. The van der Waals surface area contributed by atoms with Crippen LogP contribution in [0.1, 0.15) is 24.8 Å². The van der Waals surface area contributed by atoms with Gasteiger partial charge in [-0.1, -0.05) is 6.07 Å². The van der Waals surface area contributed by atoms with E-state index in [9.17, 15) is 8.78 Å². The van der Waals surface area contributed by atoms with Gasteiger partial charge in [-0.05, 0) is 43.5 Å². The van der Waals surface area contributed by atoms with Crippen molar-refractivity contribution in [2.45, 2.75) is 25.9 Å². The van der Waals surface area contributed by atoms with Gasteiger partial charge in [0.25, 0.3) is 0 Å². The lowest BCUT2D eigenvalue weighted by Gasteiger charge is -2.17. The molecule has 0 heterocycles. The van der Waals surface area contributed by atoms with Gasteiger partial charge in [0.15, 0.2) is 11.5 Å². The van der Waals surface area contributed by atoms with Crippen molar-refractivity contribution in [2.75, 3.05) is 19.8 Å². The van der Waals surface area contributed by atoms with Gasteiger partial charge in [0.05, 0.1) is 6.61 Å². The highest BCUT2D eigenvalue weighted by molar-refractivity contribution is 5.44. The molecule has 0 aliphatic carbocycles. The van der Waals surface area contributed by atoms with E-state index in [2.05, 4.69) is 4.74 Å². The molecule has 19 heavy (non-hydrogen) atoms. The van der Waals surface area contributed by atoms with Crippen LogP contribution < -0.4 is 15.2 Å². The van der Waals surface area contributed by atoms with E-state index in [0.29, 0.717) is 19.6 Å². The smallest absolute Gasteiger partial charge is 0.387 e. The van der Waals surface area contributed by atoms with Gasteiger partial charge in [-0.15, -0.1) is 0 Å². The number of alkyl halides is 2. The first-order chi connectivity index (χ1) is 9.12. The van der Waals surface area contributed by atoms with Gasteiger partial charge in [-0.25, -0.2) is 0 Å². The molecule has 6 heteroatoms. The van der Waals surface area contributed by atoms with Crippen LogP contribution in [0.5, 0.6) is 11.5 Å². The van der Waals surface area contributed by atoms with Crippen LogP contribution in [0.15, 0.2) is 18.2 Å². The molecule has 1 aromatic carbocycles. The van der Waals surface area contributed by atoms with E-state index >= 15 is 0 Å². The summed E-state index contributed by atoms with van der Waals surface area (Å²) in [6.07, 6.45) is 0.511. The van der Waals surface area contributed by atoms with Crippen molar-refractivity contribution in [1.82, 2.24) is 0 Å². The van der Waals surface area contributed by atoms with Gasteiger partial charge in [-0.2, -0.15) is 8.78 Å². The lowest BCUT2D eigenvalue weighted by atomic mass is 9.96. The number of hydrogen-bond acceptors (Lipinski definition) is 4. The summed E-state index contributed by atoms with van der Waals surface area (Å²) >= 11 is 0. The highest BCUT2D eigenvalue weighted by atomic mass is 19.3. The Morgan fingerprint density at radius 3 is 2.58 bits per heavy atom. The lowest BCUT2D eigenvalue weighted by Crippen LogP contribution is -2.14. The highest BCUT2D eigenvalue weighted by Crippen LogP contribution is 2.32. The van der Waals surface area contributed by atoms with Gasteiger partial charge in [-0.3, -0.25) is 0 Å². The summed E-state index contributed by atoms with van der Waals surface area (Å²) in [7, 11) is 0. The standard InChI is InChI=1S/C13H19F2NO3/c1-2-18-12-7-9(10(8-16)5-6-17)3-4-11(12)19-13(14)15/h3-4,7,10,13,17H,2,5-6,8,16H2,1H3. The minimum atomic E-state index is -2.90. The van der Waals surface area contributed by atoms with E-state index < -0.39 is 6.61 Å². The van der Waals surface area contributed by atoms with Crippen LogP contribution in [0.2, 0.25) is 0 Å². The second kappa shape index (κ2) is 7.91. The molecule has 0 bridgehead atoms. The molecule has 0 spiro atoms. The fourth-order valence-corrected chi connectivity index (χ4v) is 1.82. The predicted octanol–water partition coefficient (Wildman–Crippen LogP) is 2.11. The summed E-state index contributed by atoms with van der Waals surface area (Å²) in [5.41, 5.74) is 6.47. The molecule has 0 aromatic heterocycles. The number of halogens is 2. The normalized spacial score (nSPS) is 12.5. The average molecular weight is 275 g/mol. The van der Waals surface area contributed by atoms with Crippen molar-refractivity contribution in [1.29, 1.82) is 0 Å². The quantitative estimate of drug-likeness (QED) is 0.762. The lowest BCUT2D eigenvalue weighted by molar-refractivity contribution is -0.0514. The molecule has 0 aliphatic rings. The molecule has 108 valence electrons. The van der Waals surface area contributed by atoms with Gasteiger partial charge >= 0.3 is 6.61 Å². The molecular weight excluding hydrogens is 256 g/mol. The van der Waals surface area contributed by atoms with Gasteiger partial charge in [0.1, 0.15) is 0 Å². The third-order valence-electron chi connectivity index (χ3n) is 2.72. The van der Waals surface area contributed by atoms with Crippen molar-refractivity contribution in [3.05, 3.63) is 23.8 Å². The van der Waals surface area contributed by atoms with Crippen molar-refractivity contribution in [3.8, 4) is 11.5 Å². The van der Waals surface area contributed by atoms with Gasteiger partial charge < -0.3 is 20.3 Å². The van der Waals surface area contributed by atoms with Gasteiger partial charge in [0, 0.05) is 6.61 Å². The van der Waals surface area contributed by atoms with Crippen LogP contribution in [0.25, 0.3) is 0 Å². The molecule has 4 nitrogen and oxygen atoms in total. The number of hydrogen-bond donors (Lipinski definition) is 2. The zero-order valence-electron chi connectivity index (χ0n) is 10.8. The second-order valence-electron chi connectivity index (χ2n) is 3.96. The maximum atomic E-state index is 12.3. The SMILES string of the molecule is CCOc1cc(C(CN)CCO)ccc1OC(F)F. The first-order valence-electron chi connectivity index (χ1n) is 6.14. The number of rotatable bonds is 8. The predicted molar refractivity (Wildman–Crippen MR) is 67.7 cm³/mol. The number of ether oxygens (including phenoxy) is 2. The van der Waals surface area contributed by atoms with Gasteiger partial charge in [0.2, 0.25) is 0 Å². The number of nitrogens with two attached hydrogens (primary N) is 1. The van der Waals surface area contributed by atoms with Crippen molar-refractivity contribution in [3.63, 3.8) is 0 Å². The molecule has 0 fully saturated rings. The fraction of sp³-hybridized carbons (Fsp3) is 0.538. The third kappa shape index (κ3) is 4.65. The van der Waals surface area contributed by atoms with E-state index in [0.717, 1.165) is 5.56 Å². The first-order valence-corrected chi connectivity index (χ1v) is 6.14. The van der Waals surface area contributed by atoms with E-state index in [1.165, 1.54) is 6.07 Å². The maximum Gasteiger partial charge on any atom is 0.387 e. The average Bonchev–Trinajstić information content (AvgIpc) is 2.38. The second-order valence-corrected chi connectivity index (χ2v) is 3.96. The molecule has 1 unspecified atom stereocenters. The van der Waals surface area contributed by atoms with E-state index in [1.807, 2.05) is 0 Å².